The molecule has 0 spiro atoms. The SMILES string of the molecule is Nc1ccc(Cl)cc1C(=O)OCC(=O)N1CCN(c2ccccc2Cl)CC1. The molecule has 1 amide bonds. The van der Waals surface area contributed by atoms with E-state index in [9.17, 15) is 9.59 Å². The molecule has 2 aromatic carbocycles. The zero-order chi connectivity index (χ0) is 19.4. The Morgan fingerprint density at radius 3 is 2.44 bits per heavy atom. The summed E-state index contributed by atoms with van der Waals surface area (Å²) in [6.45, 7) is 2.04. The number of nitrogen functional groups attached to an aromatic ring is 1. The van der Waals surface area contributed by atoms with E-state index in [-0.39, 0.29) is 23.8 Å². The van der Waals surface area contributed by atoms with E-state index in [0.717, 1.165) is 5.69 Å². The predicted molar refractivity (Wildman–Crippen MR) is 106 cm³/mol. The number of benzene rings is 2. The van der Waals surface area contributed by atoms with Crippen molar-refractivity contribution in [2.75, 3.05) is 43.4 Å². The minimum atomic E-state index is -0.668. The molecule has 1 heterocycles. The second-order valence-electron chi connectivity index (χ2n) is 6.13. The molecule has 1 aliphatic heterocycles. The van der Waals surface area contributed by atoms with E-state index < -0.39 is 5.97 Å². The molecule has 6 nitrogen and oxygen atoms in total. The van der Waals surface area contributed by atoms with Crippen LogP contribution in [0.4, 0.5) is 11.4 Å². The van der Waals surface area contributed by atoms with Crippen LogP contribution < -0.4 is 10.6 Å². The second-order valence-corrected chi connectivity index (χ2v) is 6.97. The molecule has 2 aromatic rings. The third-order valence-corrected chi connectivity index (χ3v) is 4.94. The van der Waals surface area contributed by atoms with Crippen molar-refractivity contribution < 1.29 is 14.3 Å². The highest BCUT2D eigenvalue weighted by Gasteiger charge is 2.23. The molecule has 1 aliphatic rings. The van der Waals surface area contributed by atoms with Gasteiger partial charge in [-0.25, -0.2) is 4.79 Å². The van der Waals surface area contributed by atoms with Gasteiger partial charge >= 0.3 is 5.97 Å². The summed E-state index contributed by atoms with van der Waals surface area (Å²) in [5.41, 5.74) is 7.11. The molecule has 1 saturated heterocycles. The van der Waals surface area contributed by atoms with Gasteiger partial charge in [-0.2, -0.15) is 0 Å². The van der Waals surface area contributed by atoms with Gasteiger partial charge in [-0.3, -0.25) is 4.79 Å². The largest absolute Gasteiger partial charge is 0.452 e. The van der Waals surface area contributed by atoms with Crippen LogP contribution in [0.5, 0.6) is 0 Å². The number of carbonyl (C=O) groups excluding carboxylic acids is 2. The van der Waals surface area contributed by atoms with E-state index in [2.05, 4.69) is 4.90 Å². The minimum absolute atomic E-state index is 0.152. The Balaban J connectivity index is 1.52. The number of nitrogens with two attached hydrogens (primary N) is 1. The standard InChI is InChI=1S/C19H19Cl2N3O3/c20-13-5-6-16(22)14(11-13)19(26)27-12-18(25)24-9-7-23(8-10-24)17-4-2-1-3-15(17)21/h1-6,11H,7-10,12,22H2. The number of carbonyl (C=O) groups is 2. The van der Waals surface area contributed by atoms with E-state index in [1.807, 2.05) is 24.3 Å². The highest BCUT2D eigenvalue weighted by atomic mass is 35.5. The molecule has 1 fully saturated rings. The lowest BCUT2D eigenvalue weighted by molar-refractivity contribution is -0.134. The van der Waals surface area contributed by atoms with Gasteiger partial charge in [-0.1, -0.05) is 35.3 Å². The van der Waals surface area contributed by atoms with Gasteiger partial charge < -0.3 is 20.3 Å². The van der Waals surface area contributed by atoms with Gasteiger partial charge in [0.1, 0.15) is 0 Å². The van der Waals surface area contributed by atoms with Crippen molar-refractivity contribution in [2.24, 2.45) is 0 Å². The number of halogens is 2. The highest BCUT2D eigenvalue weighted by molar-refractivity contribution is 6.33. The zero-order valence-electron chi connectivity index (χ0n) is 14.5. The number of amides is 1. The van der Waals surface area contributed by atoms with Crippen molar-refractivity contribution in [2.45, 2.75) is 0 Å². The maximum absolute atomic E-state index is 12.3. The molecule has 0 aliphatic carbocycles. The van der Waals surface area contributed by atoms with Crippen molar-refractivity contribution in [1.82, 2.24) is 4.90 Å². The predicted octanol–water partition coefficient (Wildman–Crippen LogP) is 3.08. The second kappa shape index (κ2) is 8.50. The number of hydrogen-bond acceptors (Lipinski definition) is 5. The number of rotatable bonds is 4. The van der Waals surface area contributed by atoms with Gasteiger partial charge in [0.2, 0.25) is 0 Å². The van der Waals surface area contributed by atoms with Gasteiger partial charge in [0, 0.05) is 36.9 Å². The monoisotopic (exact) mass is 407 g/mol. The molecule has 0 unspecified atom stereocenters. The number of esters is 1. The van der Waals surface area contributed by atoms with Crippen LogP contribution in [0.2, 0.25) is 10.0 Å². The third-order valence-electron chi connectivity index (χ3n) is 4.39. The summed E-state index contributed by atoms with van der Waals surface area (Å²) in [5, 5.41) is 1.06. The number of ether oxygens (including phenoxy) is 1. The van der Waals surface area contributed by atoms with Crippen LogP contribution >= 0.6 is 23.2 Å². The van der Waals surface area contributed by atoms with Crippen molar-refractivity contribution in [3.63, 3.8) is 0 Å². The van der Waals surface area contributed by atoms with Gasteiger partial charge in [0.05, 0.1) is 16.3 Å². The summed E-state index contributed by atoms with van der Waals surface area (Å²) in [4.78, 5) is 28.3. The van der Waals surface area contributed by atoms with Crippen molar-refractivity contribution in [3.05, 3.63) is 58.1 Å². The minimum Gasteiger partial charge on any atom is -0.452 e. The first-order valence-corrected chi connectivity index (χ1v) is 9.20. The zero-order valence-corrected chi connectivity index (χ0v) is 16.0. The quantitative estimate of drug-likeness (QED) is 0.622. The number of piperazine rings is 1. The fourth-order valence-corrected chi connectivity index (χ4v) is 3.33. The Hall–Kier alpha value is -2.44. The normalized spacial score (nSPS) is 14.1. The van der Waals surface area contributed by atoms with Crippen LogP contribution in [0.15, 0.2) is 42.5 Å². The average Bonchev–Trinajstić information content (AvgIpc) is 2.68. The van der Waals surface area contributed by atoms with Crippen LogP contribution in [-0.4, -0.2) is 49.6 Å². The maximum Gasteiger partial charge on any atom is 0.340 e. The van der Waals surface area contributed by atoms with E-state index in [0.29, 0.717) is 36.2 Å². The first-order valence-electron chi connectivity index (χ1n) is 8.45. The Bertz CT molecular complexity index is 852. The van der Waals surface area contributed by atoms with Crippen molar-refractivity contribution >= 4 is 46.5 Å². The number of hydrogen-bond donors (Lipinski definition) is 1. The molecule has 2 N–H and O–H groups in total. The van der Waals surface area contributed by atoms with Gasteiger partial charge in [-0.05, 0) is 30.3 Å². The van der Waals surface area contributed by atoms with Gasteiger partial charge in [-0.15, -0.1) is 0 Å². The molecule has 0 bridgehead atoms. The summed E-state index contributed by atoms with van der Waals surface area (Å²) in [7, 11) is 0. The van der Waals surface area contributed by atoms with E-state index >= 15 is 0 Å². The van der Waals surface area contributed by atoms with E-state index in [1.165, 1.54) is 12.1 Å². The van der Waals surface area contributed by atoms with Crippen LogP contribution in [-0.2, 0) is 9.53 Å². The van der Waals surface area contributed by atoms with Crippen molar-refractivity contribution in [1.29, 1.82) is 0 Å². The summed E-state index contributed by atoms with van der Waals surface area (Å²) in [6.07, 6.45) is 0. The molecular weight excluding hydrogens is 389 g/mol. The molecule has 8 heteroatoms. The number of nitrogens with zero attached hydrogens (tertiary/aromatic N) is 2. The summed E-state index contributed by atoms with van der Waals surface area (Å²) in [6, 6.07) is 12.1. The van der Waals surface area contributed by atoms with Crippen molar-refractivity contribution in [3.8, 4) is 0 Å². The van der Waals surface area contributed by atoms with Crippen LogP contribution in [0.3, 0.4) is 0 Å². The van der Waals surface area contributed by atoms with E-state index in [1.54, 1.807) is 11.0 Å². The maximum atomic E-state index is 12.3. The molecule has 142 valence electrons. The number of para-hydroxylation sites is 1. The molecular formula is C19H19Cl2N3O3. The molecule has 27 heavy (non-hydrogen) atoms. The van der Waals surface area contributed by atoms with Crippen LogP contribution in [0.1, 0.15) is 10.4 Å². The molecule has 3 rings (SSSR count). The van der Waals surface area contributed by atoms with Gasteiger partial charge in [0.25, 0.3) is 5.91 Å². The lowest BCUT2D eigenvalue weighted by atomic mass is 10.2. The Morgan fingerprint density at radius 1 is 1.04 bits per heavy atom. The summed E-state index contributed by atoms with van der Waals surface area (Å²) >= 11 is 12.1. The molecule has 0 atom stereocenters. The molecule has 0 saturated carbocycles. The van der Waals surface area contributed by atoms with Crippen LogP contribution in [0, 0.1) is 0 Å². The lowest BCUT2D eigenvalue weighted by Gasteiger charge is -2.36. The molecule has 0 radical (unpaired) electrons. The van der Waals surface area contributed by atoms with Crippen LogP contribution in [0.25, 0.3) is 0 Å². The Labute approximate surface area is 167 Å². The first kappa shape index (κ1) is 19.3. The fraction of sp³-hybridized carbons (Fsp3) is 0.263. The van der Waals surface area contributed by atoms with E-state index in [4.69, 9.17) is 33.7 Å². The molecule has 0 aromatic heterocycles. The Morgan fingerprint density at radius 2 is 1.74 bits per heavy atom. The first-order chi connectivity index (χ1) is 13.0. The topological polar surface area (TPSA) is 75.9 Å². The number of anilines is 2. The summed E-state index contributed by atoms with van der Waals surface area (Å²) in [5.74, 6) is -0.916. The fourth-order valence-electron chi connectivity index (χ4n) is 2.91. The summed E-state index contributed by atoms with van der Waals surface area (Å²) < 4.78 is 5.11. The van der Waals surface area contributed by atoms with Gasteiger partial charge in [0.15, 0.2) is 6.61 Å². The highest BCUT2D eigenvalue weighted by Crippen LogP contribution is 2.26. The lowest BCUT2D eigenvalue weighted by Crippen LogP contribution is -2.50. The Kier molecular flexibility index (Phi) is 6.08. The smallest absolute Gasteiger partial charge is 0.340 e. The average molecular weight is 408 g/mol. The third kappa shape index (κ3) is 4.64.